The number of para-hydroxylation sites is 1. The largest absolute Gasteiger partial charge is 0.480 e. The summed E-state index contributed by atoms with van der Waals surface area (Å²) in [7, 11) is 0. The first-order chi connectivity index (χ1) is 14.7. The molecule has 2 aromatic carbocycles. The highest BCUT2D eigenvalue weighted by Crippen LogP contribution is 2.17. The molecule has 0 bridgehead atoms. The summed E-state index contributed by atoms with van der Waals surface area (Å²) < 4.78 is 0. The highest BCUT2D eigenvalue weighted by Gasteiger charge is 2.26. The lowest BCUT2D eigenvalue weighted by atomic mass is 10.0. The molecule has 0 aliphatic rings. The summed E-state index contributed by atoms with van der Waals surface area (Å²) in [5.74, 6) is -2.42. The number of hydrogen-bond acceptors (Lipinski definition) is 4. The second kappa shape index (κ2) is 9.44. The Hall–Kier alpha value is -3.65. The zero-order chi connectivity index (χ0) is 22.5. The van der Waals surface area contributed by atoms with Gasteiger partial charge in [-0.25, -0.2) is 0 Å². The van der Waals surface area contributed by atoms with Gasteiger partial charge in [-0.2, -0.15) is 0 Å². The van der Waals surface area contributed by atoms with Crippen LogP contribution in [0.4, 0.5) is 0 Å². The van der Waals surface area contributed by atoms with Gasteiger partial charge in [-0.3, -0.25) is 19.2 Å². The highest BCUT2D eigenvalue weighted by molar-refractivity contribution is 6.30. The normalized spacial score (nSPS) is 12.7. The number of amides is 2. The molecule has 0 radical (unpaired) electrons. The number of fused-ring (bicyclic) bond motifs is 1. The molecule has 1 heterocycles. The molecule has 8 nitrogen and oxygen atoms in total. The number of nitrogens with one attached hydrogen (secondary N) is 3. The van der Waals surface area contributed by atoms with Crippen LogP contribution in [-0.4, -0.2) is 40.0 Å². The molecule has 4 N–H and O–H groups in total. The average Bonchev–Trinajstić information content (AvgIpc) is 2.73. The number of aromatic nitrogens is 1. The van der Waals surface area contributed by atoms with Crippen LogP contribution in [0.25, 0.3) is 10.9 Å². The SMILES string of the molecule is C[C@H](NC(=O)[C@H](Cc1cc(=O)[nH]c2ccccc12)NC(=O)c1ccc(Cl)cc1)C(=O)O. The molecular formula is C22H20ClN3O5. The van der Waals surface area contributed by atoms with Crippen LogP contribution in [0.2, 0.25) is 5.02 Å². The minimum absolute atomic E-state index is 0.0120. The van der Waals surface area contributed by atoms with E-state index in [0.29, 0.717) is 21.5 Å². The number of aliphatic carboxylic acids is 1. The number of aromatic amines is 1. The van der Waals surface area contributed by atoms with Gasteiger partial charge in [0, 0.05) is 34.0 Å². The van der Waals surface area contributed by atoms with Crippen LogP contribution in [0, 0.1) is 0 Å². The third kappa shape index (κ3) is 5.49. The van der Waals surface area contributed by atoms with Gasteiger partial charge in [-0.1, -0.05) is 29.8 Å². The Morgan fingerprint density at radius 2 is 1.74 bits per heavy atom. The van der Waals surface area contributed by atoms with Crippen molar-refractivity contribution in [1.82, 2.24) is 15.6 Å². The molecule has 160 valence electrons. The van der Waals surface area contributed by atoms with E-state index in [1.165, 1.54) is 25.1 Å². The second-order valence-electron chi connectivity index (χ2n) is 7.01. The van der Waals surface area contributed by atoms with Gasteiger partial charge in [0.05, 0.1) is 0 Å². The maximum absolute atomic E-state index is 12.8. The van der Waals surface area contributed by atoms with Crippen LogP contribution in [0.5, 0.6) is 0 Å². The van der Waals surface area contributed by atoms with Crippen molar-refractivity contribution in [3.05, 3.63) is 81.1 Å². The van der Waals surface area contributed by atoms with E-state index in [4.69, 9.17) is 16.7 Å². The van der Waals surface area contributed by atoms with E-state index in [9.17, 15) is 19.2 Å². The van der Waals surface area contributed by atoms with Crippen molar-refractivity contribution in [2.45, 2.75) is 25.4 Å². The Bertz CT molecular complexity index is 1190. The van der Waals surface area contributed by atoms with E-state index in [0.717, 1.165) is 0 Å². The van der Waals surface area contributed by atoms with Gasteiger partial charge < -0.3 is 20.7 Å². The number of halogens is 1. The Labute approximate surface area is 182 Å². The zero-order valence-corrected chi connectivity index (χ0v) is 17.3. The zero-order valence-electron chi connectivity index (χ0n) is 16.5. The van der Waals surface area contributed by atoms with E-state index in [2.05, 4.69) is 15.6 Å². The summed E-state index contributed by atoms with van der Waals surface area (Å²) in [4.78, 5) is 51.4. The van der Waals surface area contributed by atoms with Crippen LogP contribution < -0.4 is 16.2 Å². The lowest BCUT2D eigenvalue weighted by Gasteiger charge is -2.21. The molecule has 0 aliphatic heterocycles. The fraction of sp³-hybridized carbons (Fsp3) is 0.182. The van der Waals surface area contributed by atoms with Crippen LogP contribution >= 0.6 is 11.6 Å². The Balaban J connectivity index is 1.93. The minimum Gasteiger partial charge on any atom is -0.480 e. The summed E-state index contributed by atoms with van der Waals surface area (Å²) in [6, 6.07) is 12.3. The van der Waals surface area contributed by atoms with Gasteiger partial charge in [-0.05, 0) is 42.8 Å². The van der Waals surface area contributed by atoms with E-state index in [-0.39, 0.29) is 17.5 Å². The fourth-order valence-electron chi connectivity index (χ4n) is 3.09. The van der Waals surface area contributed by atoms with Gasteiger partial charge in [0.25, 0.3) is 5.91 Å². The minimum atomic E-state index is -1.21. The summed E-state index contributed by atoms with van der Waals surface area (Å²) >= 11 is 5.85. The van der Waals surface area contributed by atoms with Gasteiger partial charge in [0.2, 0.25) is 11.5 Å². The highest BCUT2D eigenvalue weighted by atomic mass is 35.5. The van der Waals surface area contributed by atoms with Crippen LogP contribution in [0.15, 0.2) is 59.4 Å². The number of carbonyl (C=O) groups is 3. The number of carbonyl (C=O) groups excluding carboxylic acids is 2. The van der Waals surface area contributed by atoms with Gasteiger partial charge in [-0.15, -0.1) is 0 Å². The molecule has 2 atom stereocenters. The molecule has 0 spiro atoms. The number of H-pyrrole nitrogens is 1. The van der Waals surface area contributed by atoms with Crippen molar-refractivity contribution in [2.24, 2.45) is 0 Å². The molecule has 2 amide bonds. The molecule has 0 saturated carbocycles. The first-order valence-electron chi connectivity index (χ1n) is 9.45. The maximum atomic E-state index is 12.8. The molecule has 31 heavy (non-hydrogen) atoms. The van der Waals surface area contributed by atoms with Crippen molar-refractivity contribution in [1.29, 1.82) is 0 Å². The number of rotatable bonds is 7. The molecule has 3 rings (SSSR count). The Kier molecular flexibility index (Phi) is 6.71. The standard InChI is InChI=1S/C22H20ClN3O5/c1-12(22(30)31)24-21(29)18(26-20(28)13-6-8-15(23)9-7-13)10-14-11-19(27)25-17-5-3-2-4-16(14)17/h2-9,11-12,18H,10H2,1H3,(H,24,29)(H,25,27)(H,26,28)(H,30,31)/t12-,18-/m0/s1. The maximum Gasteiger partial charge on any atom is 0.325 e. The monoisotopic (exact) mass is 441 g/mol. The molecule has 0 fully saturated rings. The molecule has 9 heteroatoms. The predicted molar refractivity (Wildman–Crippen MR) is 116 cm³/mol. The summed E-state index contributed by atoms with van der Waals surface area (Å²) in [5.41, 5.74) is 1.06. The van der Waals surface area contributed by atoms with E-state index in [1.807, 2.05) is 0 Å². The number of carboxylic acids is 1. The van der Waals surface area contributed by atoms with Gasteiger partial charge in [0.1, 0.15) is 12.1 Å². The van der Waals surface area contributed by atoms with Crippen LogP contribution in [-0.2, 0) is 16.0 Å². The van der Waals surface area contributed by atoms with Crippen molar-refractivity contribution in [3.8, 4) is 0 Å². The lowest BCUT2D eigenvalue weighted by molar-refractivity contribution is -0.141. The smallest absolute Gasteiger partial charge is 0.325 e. The quantitative estimate of drug-likeness (QED) is 0.446. The number of carboxylic acid groups (broad SMARTS) is 1. The first kappa shape index (κ1) is 22.0. The van der Waals surface area contributed by atoms with E-state index >= 15 is 0 Å². The van der Waals surface area contributed by atoms with Crippen LogP contribution in [0.3, 0.4) is 0 Å². The second-order valence-corrected chi connectivity index (χ2v) is 7.45. The first-order valence-corrected chi connectivity index (χ1v) is 9.83. The average molecular weight is 442 g/mol. The third-order valence-corrected chi connectivity index (χ3v) is 4.97. The molecule has 0 aliphatic carbocycles. The Morgan fingerprint density at radius 3 is 2.42 bits per heavy atom. The summed E-state index contributed by atoms with van der Waals surface area (Å²) in [5, 5.41) is 15.3. The fourth-order valence-corrected chi connectivity index (χ4v) is 3.22. The van der Waals surface area contributed by atoms with E-state index in [1.54, 1.807) is 36.4 Å². The summed E-state index contributed by atoms with van der Waals surface area (Å²) in [6.45, 7) is 1.32. The lowest BCUT2D eigenvalue weighted by Crippen LogP contribution is -2.51. The Morgan fingerprint density at radius 1 is 1.06 bits per heavy atom. The van der Waals surface area contributed by atoms with Crippen molar-refractivity contribution >= 4 is 40.3 Å². The topological polar surface area (TPSA) is 128 Å². The third-order valence-electron chi connectivity index (χ3n) is 4.72. The summed E-state index contributed by atoms with van der Waals surface area (Å²) in [6.07, 6.45) is -0.0120. The molecule has 3 aromatic rings. The van der Waals surface area contributed by atoms with Gasteiger partial charge >= 0.3 is 5.97 Å². The van der Waals surface area contributed by atoms with Crippen molar-refractivity contribution < 1.29 is 19.5 Å². The molecular weight excluding hydrogens is 422 g/mol. The predicted octanol–water partition coefficient (Wildman–Crippen LogP) is 2.11. The molecule has 0 saturated heterocycles. The molecule has 0 unspecified atom stereocenters. The van der Waals surface area contributed by atoms with Crippen molar-refractivity contribution in [3.63, 3.8) is 0 Å². The molecule has 1 aromatic heterocycles. The van der Waals surface area contributed by atoms with Crippen LogP contribution in [0.1, 0.15) is 22.8 Å². The number of pyridine rings is 1. The van der Waals surface area contributed by atoms with E-state index < -0.39 is 29.9 Å². The number of benzene rings is 2. The number of hydrogen-bond donors (Lipinski definition) is 4. The van der Waals surface area contributed by atoms with Gasteiger partial charge in [0.15, 0.2) is 0 Å². The van der Waals surface area contributed by atoms with Crippen molar-refractivity contribution in [2.75, 3.05) is 0 Å².